The highest BCUT2D eigenvalue weighted by molar-refractivity contribution is 5.88. The van der Waals surface area contributed by atoms with Crippen molar-refractivity contribution in [3.05, 3.63) is 60.4 Å². The number of carbonyl (C=O) groups excluding carboxylic acids is 4. The molecule has 0 spiro atoms. The molecule has 18 nitrogen and oxygen atoms in total. The number of nitrogens with one attached hydrogen (secondary N) is 4. The van der Waals surface area contributed by atoms with E-state index in [1.165, 1.54) is 28.4 Å². The van der Waals surface area contributed by atoms with Gasteiger partial charge in [-0.3, -0.25) is 9.59 Å². The van der Waals surface area contributed by atoms with E-state index >= 15 is 0 Å². The second kappa shape index (κ2) is 17.2. The molecule has 0 radical (unpaired) electrons. The van der Waals surface area contributed by atoms with Crippen molar-refractivity contribution >= 4 is 46.1 Å². The third-order valence-electron chi connectivity index (χ3n) is 11.1. The molecule has 4 N–H and O–H groups in total. The number of aromatic nitrogens is 6. The van der Waals surface area contributed by atoms with E-state index in [-0.39, 0.29) is 23.9 Å². The van der Waals surface area contributed by atoms with Gasteiger partial charge in [0.2, 0.25) is 11.8 Å². The van der Waals surface area contributed by atoms with Gasteiger partial charge in [0.15, 0.2) is 5.82 Å². The molecule has 2 saturated heterocycles. The van der Waals surface area contributed by atoms with Crippen LogP contribution < -0.4 is 10.6 Å². The number of ether oxygens (including phenoxy) is 4. The summed E-state index contributed by atoms with van der Waals surface area (Å²) in [5.74, 6) is 1.31. The van der Waals surface area contributed by atoms with Gasteiger partial charge in [0.25, 0.3) is 0 Å². The summed E-state index contributed by atoms with van der Waals surface area (Å²) in [5.41, 5.74) is 5.56. The van der Waals surface area contributed by atoms with Crippen LogP contribution in [0.5, 0.6) is 0 Å². The normalized spacial score (nSPS) is 18.9. The Morgan fingerprint density at radius 3 is 1.57 bits per heavy atom. The van der Waals surface area contributed by atoms with Crippen molar-refractivity contribution in [2.45, 2.75) is 75.9 Å². The first-order valence-corrected chi connectivity index (χ1v) is 19.2. The smallest absolute Gasteiger partial charge is 0.407 e. The predicted octanol–water partition coefficient (Wildman–Crippen LogP) is 4.41. The second-order valence-corrected chi connectivity index (χ2v) is 14.5. The van der Waals surface area contributed by atoms with Crippen molar-refractivity contribution in [3.63, 3.8) is 0 Å². The lowest BCUT2D eigenvalue weighted by Gasteiger charge is -2.30. The summed E-state index contributed by atoms with van der Waals surface area (Å²) in [7, 11) is 5.48. The van der Waals surface area contributed by atoms with E-state index in [4.69, 9.17) is 38.9 Å². The van der Waals surface area contributed by atoms with Crippen LogP contribution in [0.4, 0.5) is 9.59 Å². The first kappa shape index (κ1) is 40.1. The Bertz CT molecular complexity index is 2140. The summed E-state index contributed by atoms with van der Waals surface area (Å²) in [6.07, 6.45) is 3.98. The highest BCUT2D eigenvalue weighted by Crippen LogP contribution is 2.35. The summed E-state index contributed by atoms with van der Waals surface area (Å²) >= 11 is 0. The average Bonchev–Trinajstić information content (AvgIpc) is 4.08. The van der Waals surface area contributed by atoms with E-state index in [2.05, 4.69) is 20.6 Å². The van der Waals surface area contributed by atoms with Crippen LogP contribution in [0.3, 0.4) is 0 Å². The van der Waals surface area contributed by atoms with Crippen LogP contribution in [0, 0.1) is 0 Å². The molecule has 306 valence electrons. The van der Waals surface area contributed by atoms with Gasteiger partial charge in [0, 0.05) is 50.8 Å². The molecule has 0 bridgehead atoms. The Kier molecular flexibility index (Phi) is 11.8. The number of nitrogens with zero attached hydrogens (tertiary/aromatic N) is 6. The molecule has 58 heavy (non-hydrogen) atoms. The molecule has 18 heteroatoms. The fraction of sp³-hybridized carbons (Fsp3) is 0.450. The van der Waals surface area contributed by atoms with Gasteiger partial charge in [-0.1, -0.05) is 6.07 Å². The fourth-order valence-corrected chi connectivity index (χ4v) is 7.71. The van der Waals surface area contributed by atoms with Gasteiger partial charge < -0.3 is 49.3 Å². The van der Waals surface area contributed by atoms with Crippen molar-refractivity contribution in [1.29, 1.82) is 0 Å². The summed E-state index contributed by atoms with van der Waals surface area (Å²) in [5, 5.41) is 5.23. The van der Waals surface area contributed by atoms with Crippen LogP contribution in [-0.4, -0.2) is 130 Å². The van der Waals surface area contributed by atoms with Crippen LogP contribution in [0.15, 0.2) is 48.8 Å². The van der Waals surface area contributed by atoms with Crippen molar-refractivity contribution in [3.8, 4) is 22.5 Å². The first-order chi connectivity index (χ1) is 28.0. The molecule has 0 saturated carbocycles. The maximum absolute atomic E-state index is 13.7. The van der Waals surface area contributed by atoms with Gasteiger partial charge in [-0.25, -0.2) is 29.5 Å². The zero-order valence-corrected chi connectivity index (χ0v) is 33.3. The number of aromatic amines is 2. The van der Waals surface area contributed by atoms with Gasteiger partial charge >= 0.3 is 12.2 Å². The van der Waals surface area contributed by atoms with Gasteiger partial charge in [-0.05, 0) is 75.4 Å². The van der Waals surface area contributed by atoms with Crippen LogP contribution >= 0.6 is 0 Å². The number of fused-ring (bicyclic) bond motifs is 2. The predicted molar refractivity (Wildman–Crippen MR) is 211 cm³/mol. The van der Waals surface area contributed by atoms with E-state index < -0.39 is 36.5 Å². The third kappa shape index (κ3) is 8.02. The zero-order chi connectivity index (χ0) is 41.1. The van der Waals surface area contributed by atoms with Crippen molar-refractivity contribution < 1.29 is 38.1 Å². The lowest BCUT2D eigenvalue weighted by Crippen LogP contribution is -2.54. The van der Waals surface area contributed by atoms with Crippen LogP contribution in [-0.2, 0) is 28.5 Å². The number of likely N-dealkylation sites (tertiary alicyclic amines) is 2. The molecule has 0 unspecified atom stereocenters. The molecule has 4 amide bonds. The lowest BCUT2D eigenvalue weighted by molar-refractivity contribution is -0.138. The number of hydrogen-bond donors (Lipinski definition) is 4. The number of alkyl carbamates (subject to hydrolysis) is 2. The molecule has 2 fully saturated rings. The number of H-pyrrole nitrogens is 2. The van der Waals surface area contributed by atoms with Gasteiger partial charge in [0.1, 0.15) is 23.7 Å². The summed E-state index contributed by atoms with van der Waals surface area (Å²) < 4.78 is 20.3. The molecule has 3 aromatic heterocycles. The number of benzene rings is 2. The molecule has 6 atom stereocenters. The molecule has 2 aliphatic heterocycles. The Hall–Kier alpha value is -6.14. The number of rotatable bonds is 12. The van der Waals surface area contributed by atoms with E-state index in [0.717, 1.165) is 58.0 Å². The van der Waals surface area contributed by atoms with E-state index in [0.29, 0.717) is 37.0 Å². The topological polar surface area (TPSA) is 219 Å². The van der Waals surface area contributed by atoms with E-state index in [1.807, 2.05) is 36.4 Å². The van der Waals surface area contributed by atoms with Gasteiger partial charge in [-0.15, -0.1) is 0 Å². The number of amides is 4. The number of methoxy groups -OCH3 is 4. The molecular formula is C40H48N10O8. The minimum atomic E-state index is -0.920. The van der Waals surface area contributed by atoms with Gasteiger partial charge in [0.05, 0.1) is 60.6 Å². The second-order valence-electron chi connectivity index (χ2n) is 14.5. The van der Waals surface area contributed by atoms with Crippen molar-refractivity contribution in [2.75, 3.05) is 41.5 Å². The minimum absolute atomic E-state index is 0.266. The molecule has 5 aromatic rings. The van der Waals surface area contributed by atoms with E-state index in [9.17, 15) is 19.2 Å². The largest absolute Gasteiger partial charge is 0.453 e. The highest BCUT2D eigenvalue weighted by atomic mass is 16.5. The number of carbonyl (C=O) groups is 4. The lowest BCUT2D eigenvalue weighted by atomic mass is 10.1. The SMILES string of the molecule is COC(=O)N[C@H](C(=O)N1CCC[C@H]1c1nc2ccc(-c3cnc(-c4ccc5nc([C@@H]6CCCN6C(=O)[C@@H](NC(=O)OC)[C@@H](C)OC)[nH]c5c4)nc3)cc2[nH]1)[C@@H](C)OC. The summed E-state index contributed by atoms with van der Waals surface area (Å²) in [6, 6.07) is 9.17. The average molecular weight is 797 g/mol. The van der Waals surface area contributed by atoms with Crippen molar-refractivity contribution in [2.24, 2.45) is 0 Å². The quantitative estimate of drug-likeness (QED) is 0.138. The Morgan fingerprint density at radius 2 is 1.12 bits per heavy atom. The zero-order valence-electron chi connectivity index (χ0n) is 33.3. The Morgan fingerprint density at radius 1 is 0.672 bits per heavy atom. The van der Waals surface area contributed by atoms with E-state index in [1.54, 1.807) is 36.0 Å². The van der Waals surface area contributed by atoms with Crippen molar-refractivity contribution in [1.82, 2.24) is 50.3 Å². The summed E-state index contributed by atoms with van der Waals surface area (Å²) in [4.78, 5) is 80.8. The molecule has 7 rings (SSSR count). The number of hydrogen-bond acceptors (Lipinski definition) is 12. The third-order valence-corrected chi connectivity index (χ3v) is 11.1. The molecule has 2 aliphatic rings. The molecule has 2 aromatic carbocycles. The maximum Gasteiger partial charge on any atom is 0.407 e. The Labute approximate surface area is 334 Å². The van der Waals surface area contributed by atoms with Gasteiger partial charge in [-0.2, -0.15) is 0 Å². The number of imidazole rings is 2. The monoisotopic (exact) mass is 796 g/mol. The fourth-order valence-electron chi connectivity index (χ4n) is 7.71. The summed E-state index contributed by atoms with van der Waals surface area (Å²) in [6.45, 7) is 4.48. The van der Waals surface area contributed by atoms with Crippen LogP contribution in [0.2, 0.25) is 0 Å². The Balaban J connectivity index is 1.06. The molecule has 0 aliphatic carbocycles. The molecule has 5 heterocycles. The highest BCUT2D eigenvalue weighted by Gasteiger charge is 2.40. The maximum atomic E-state index is 13.7. The molecular weight excluding hydrogens is 749 g/mol. The van der Waals surface area contributed by atoms with Crippen LogP contribution in [0.25, 0.3) is 44.6 Å². The standard InChI is InChI=1S/C40H48N10O8/c1-21(55-3)32(47-39(53)57-5)37(51)49-15-7-9-30(49)35-43-26-13-11-23(17-28(26)45-35)25-19-41-34(42-20-25)24-12-14-27-29(18-24)46-36(44-27)31-10-8-16-50(31)38(52)33(22(2)56-4)48-40(54)58-6/h11-14,17-22,30-33H,7-10,15-16H2,1-6H3,(H,43,45)(H,44,46)(H,47,53)(H,48,54)/t21-,22-,30+,31+,32+,33+/m1/s1. The minimum Gasteiger partial charge on any atom is -0.453 e. The van der Waals surface area contributed by atoms with Crippen LogP contribution in [0.1, 0.15) is 63.3 Å². The first-order valence-electron chi connectivity index (χ1n) is 19.2.